The quantitative estimate of drug-likeness (QED) is 0.578. The molecule has 0 radical (unpaired) electrons. The summed E-state index contributed by atoms with van der Waals surface area (Å²) in [4.78, 5) is 23.9. The number of rotatable bonds is 4. The molecule has 5 heteroatoms. The lowest BCUT2D eigenvalue weighted by Crippen LogP contribution is -2.31. The van der Waals surface area contributed by atoms with E-state index in [1.807, 2.05) is 37.0 Å². The van der Waals surface area contributed by atoms with Crippen molar-refractivity contribution in [3.8, 4) is 10.4 Å². The lowest BCUT2D eigenvalue weighted by molar-refractivity contribution is 0.0773. The Morgan fingerprint density at radius 1 is 1.23 bits per heavy atom. The summed E-state index contributed by atoms with van der Waals surface area (Å²) in [7, 11) is 0. The van der Waals surface area contributed by atoms with E-state index < -0.39 is 0 Å². The average molecular weight is 385 g/mol. The smallest absolute Gasteiger partial charge is 0.256 e. The predicted octanol–water partition coefficient (Wildman–Crippen LogP) is 5.69. The molecule has 0 saturated heterocycles. The van der Waals surface area contributed by atoms with Crippen LogP contribution in [-0.2, 0) is 12.8 Å². The third-order valence-corrected chi connectivity index (χ3v) is 7.39. The van der Waals surface area contributed by atoms with Crippen molar-refractivity contribution in [2.75, 3.05) is 13.1 Å². The number of carbonyl (C=O) groups excluding carboxylic acids is 1. The first-order valence-corrected chi connectivity index (χ1v) is 11.1. The first kappa shape index (κ1) is 17.7. The zero-order valence-corrected chi connectivity index (χ0v) is 17.2. The van der Waals surface area contributed by atoms with Gasteiger partial charge in [0.05, 0.1) is 11.3 Å². The van der Waals surface area contributed by atoms with E-state index >= 15 is 0 Å². The van der Waals surface area contributed by atoms with E-state index in [2.05, 4.69) is 17.5 Å². The minimum atomic E-state index is 0.112. The van der Waals surface area contributed by atoms with Crippen LogP contribution >= 0.6 is 22.7 Å². The predicted molar refractivity (Wildman–Crippen MR) is 112 cm³/mol. The van der Waals surface area contributed by atoms with Gasteiger partial charge in [-0.1, -0.05) is 6.07 Å². The molecule has 3 heterocycles. The number of amides is 1. The van der Waals surface area contributed by atoms with Crippen molar-refractivity contribution >= 4 is 38.8 Å². The van der Waals surface area contributed by atoms with E-state index in [-0.39, 0.29) is 5.91 Å². The fraction of sp³-hybridized carbons (Fsp3) is 0.429. The van der Waals surface area contributed by atoms with Gasteiger partial charge in [-0.15, -0.1) is 22.7 Å². The van der Waals surface area contributed by atoms with Crippen LogP contribution in [0.4, 0.5) is 0 Å². The van der Waals surface area contributed by atoms with Crippen LogP contribution in [0.1, 0.15) is 53.2 Å². The largest absolute Gasteiger partial charge is 0.339 e. The van der Waals surface area contributed by atoms with E-state index in [0.717, 1.165) is 47.6 Å². The van der Waals surface area contributed by atoms with Gasteiger partial charge in [-0.2, -0.15) is 0 Å². The number of hydrogen-bond donors (Lipinski definition) is 0. The molecule has 0 atom stereocenters. The second-order valence-corrected chi connectivity index (χ2v) is 8.82. The summed E-state index contributed by atoms with van der Waals surface area (Å²) in [6, 6.07) is 4.22. The molecule has 26 heavy (non-hydrogen) atoms. The van der Waals surface area contributed by atoms with Crippen molar-refractivity contribution in [2.24, 2.45) is 0 Å². The molecule has 1 aliphatic carbocycles. The van der Waals surface area contributed by atoms with E-state index in [0.29, 0.717) is 0 Å². The molecular weight excluding hydrogens is 360 g/mol. The van der Waals surface area contributed by atoms with Crippen LogP contribution in [-0.4, -0.2) is 28.9 Å². The highest BCUT2D eigenvalue weighted by Crippen LogP contribution is 2.44. The SMILES string of the molecule is CCN(CC)C(=O)c1c(C)nc2sc3c(c2c1-c1cccs1)CCCC3. The van der Waals surface area contributed by atoms with Gasteiger partial charge in [-0.3, -0.25) is 4.79 Å². The number of aromatic nitrogens is 1. The lowest BCUT2D eigenvalue weighted by Gasteiger charge is -2.22. The molecule has 0 N–H and O–H groups in total. The zero-order valence-electron chi connectivity index (χ0n) is 15.6. The summed E-state index contributed by atoms with van der Waals surface area (Å²) in [6.45, 7) is 7.52. The van der Waals surface area contributed by atoms with Gasteiger partial charge in [0.1, 0.15) is 4.83 Å². The van der Waals surface area contributed by atoms with Crippen LogP contribution in [0.25, 0.3) is 20.7 Å². The summed E-state index contributed by atoms with van der Waals surface area (Å²) >= 11 is 3.55. The van der Waals surface area contributed by atoms with Crippen molar-refractivity contribution in [1.82, 2.24) is 9.88 Å². The van der Waals surface area contributed by atoms with Crippen molar-refractivity contribution < 1.29 is 4.79 Å². The molecule has 0 spiro atoms. The molecule has 0 fully saturated rings. The van der Waals surface area contributed by atoms with Gasteiger partial charge in [0.15, 0.2) is 0 Å². The molecule has 3 nitrogen and oxygen atoms in total. The summed E-state index contributed by atoms with van der Waals surface area (Å²) in [5.41, 5.74) is 4.23. The van der Waals surface area contributed by atoms with Gasteiger partial charge in [-0.05, 0) is 63.5 Å². The first-order chi connectivity index (χ1) is 12.7. The molecule has 3 aromatic rings. The number of fused-ring (bicyclic) bond motifs is 3. The Kier molecular flexibility index (Phi) is 4.84. The third-order valence-electron chi connectivity index (χ3n) is 5.32. The Balaban J connectivity index is 2.06. The van der Waals surface area contributed by atoms with Gasteiger partial charge in [0, 0.05) is 33.8 Å². The van der Waals surface area contributed by atoms with E-state index in [1.165, 1.54) is 33.5 Å². The molecular formula is C21H24N2OS2. The molecule has 0 saturated carbocycles. The van der Waals surface area contributed by atoms with Crippen LogP contribution in [0, 0.1) is 6.92 Å². The topological polar surface area (TPSA) is 33.2 Å². The maximum absolute atomic E-state index is 13.4. The minimum Gasteiger partial charge on any atom is -0.339 e. The molecule has 0 unspecified atom stereocenters. The van der Waals surface area contributed by atoms with Crippen molar-refractivity contribution in [3.63, 3.8) is 0 Å². The third kappa shape index (κ3) is 2.78. The molecule has 136 valence electrons. The van der Waals surface area contributed by atoms with Crippen LogP contribution < -0.4 is 0 Å². The molecule has 0 aromatic carbocycles. The molecule has 1 aliphatic rings. The second kappa shape index (κ2) is 7.12. The second-order valence-electron chi connectivity index (χ2n) is 6.79. The van der Waals surface area contributed by atoms with Gasteiger partial charge >= 0.3 is 0 Å². The van der Waals surface area contributed by atoms with Gasteiger partial charge in [-0.25, -0.2) is 4.98 Å². The Hall–Kier alpha value is -1.72. The highest BCUT2D eigenvalue weighted by atomic mass is 32.1. The molecule has 0 bridgehead atoms. The molecule has 3 aromatic heterocycles. The first-order valence-electron chi connectivity index (χ1n) is 9.43. The Labute approximate surface area is 162 Å². The lowest BCUT2D eigenvalue weighted by atomic mass is 9.92. The number of aryl methyl sites for hydroxylation is 3. The monoisotopic (exact) mass is 384 g/mol. The van der Waals surface area contributed by atoms with Crippen LogP contribution in [0.2, 0.25) is 0 Å². The summed E-state index contributed by atoms with van der Waals surface area (Å²) in [6.07, 6.45) is 4.75. The number of carbonyl (C=O) groups is 1. The zero-order chi connectivity index (χ0) is 18.3. The number of thiophene rings is 2. The molecule has 0 aliphatic heterocycles. The summed E-state index contributed by atoms with van der Waals surface area (Å²) < 4.78 is 0. The number of pyridine rings is 1. The normalized spacial score (nSPS) is 13.8. The van der Waals surface area contributed by atoms with E-state index in [9.17, 15) is 4.79 Å². The summed E-state index contributed by atoms with van der Waals surface area (Å²) in [5.74, 6) is 0.112. The van der Waals surface area contributed by atoms with Crippen molar-refractivity contribution in [3.05, 3.63) is 39.2 Å². The fourth-order valence-corrected chi connectivity index (χ4v) is 6.10. The minimum absolute atomic E-state index is 0.112. The average Bonchev–Trinajstić information content (AvgIpc) is 3.29. The highest BCUT2D eigenvalue weighted by Gasteiger charge is 2.28. The maximum atomic E-state index is 13.4. The van der Waals surface area contributed by atoms with Gasteiger partial charge in [0.2, 0.25) is 0 Å². The molecule has 4 rings (SSSR count). The van der Waals surface area contributed by atoms with Gasteiger partial charge in [0.25, 0.3) is 5.91 Å². The maximum Gasteiger partial charge on any atom is 0.256 e. The van der Waals surface area contributed by atoms with Crippen LogP contribution in [0.5, 0.6) is 0 Å². The Morgan fingerprint density at radius 2 is 2.00 bits per heavy atom. The number of nitrogens with zero attached hydrogens (tertiary/aromatic N) is 2. The van der Waals surface area contributed by atoms with E-state index in [1.54, 1.807) is 11.3 Å². The van der Waals surface area contributed by atoms with E-state index in [4.69, 9.17) is 4.98 Å². The number of hydrogen-bond acceptors (Lipinski definition) is 4. The Bertz CT molecular complexity index is 952. The standard InChI is InChI=1S/C21H24N2OS2/c1-4-23(5-2)21(24)17-13(3)22-20-18(19(17)16-11-8-12-25-16)14-9-6-7-10-15(14)26-20/h8,11-12H,4-7,9-10H2,1-3H3. The van der Waals surface area contributed by atoms with Crippen LogP contribution in [0.15, 0.2) is 17.5 Å². The van der Waals surface area contributed by atoms with Crippen LogP contribution in [0.3, 0.4) is 0 Å². The Morgan fingerprint density at radius 3 is 2.69 bits per heavy atom. The van der Waals surface area contributed by atoms with Crippen molar-refractivity contribution in [1.29, 1.82) is 0 Å². The summed E-state index contributed by atoms with van der Waals surface area (Å²) in [5, 5.41) is 3.34. The molecule has 1 amide bonds. The van der Waals surface area contributed by atoms with Crippen molar-refractivity contribution in [2.45, 2.75) is 46.5 Å². The highest BCUT2D eigenvalue weighted by molar-refractivity contribution is 7.19. The van der Waals surface area contributed by atoms with Gasteiger partial charge < -0.3 is 4.90 Å². The fourth-order valence-electron chi connectivity index (χ4n) is 4.00.